The van der Waals surface area contributed by atoms with E-state index in [0.29, 0.717) is 10.8 Å². The third-order valence-electron chi connectivity index (χ3n) is 4.57. The van der Waals surface area contributed by atoms with Gasteiger partial charge in [0.05, 0.1) is 23.1 Å². The van der Waals surface area contributed by atoms with Crippen LogP contribution in [0.2, 0.25) is 0 Å². The van der Waals surface area contributed by atoms with Crippen LogP contribution in [-0.4, -0.2) is 56.3 Å². The maximum Gasteiger partial charge on any atom is 0.333 e. The zero-order valence-corrected chi connectivity index (χ0v) is 17.2. The Morgan fingerprint density at radius 3 is 2.10 bits per heavy atom. The number of methoxy groups -OCH3 is 1. The summed E-state index contributed by atoms with van der Waals surface area (Å²) in [5.41, 5.74) is 0.334. The average Bonchev–Trinajstić information content (AvgIpc) is 2.98. The summed E-state index contributed by atoms with van der Waals surface area (Å²) in [5, 5.41) is 0.435. The highest BCUT2D eigenvalue weighted by atomic mass is 32.2. The van der Waals surface area contributed by atoms with Crippen LogP contribution in [0.1, 0.15) is 33.6 Å². The van der Waals surface area contributed by atoms with Crippen molar-refractivity contribution < 1.29 is 32.4 Å². The van der Waals surface area contributed by atoms with Crippen LogP contribution in [0.5, 0.6) is 5.75 Å². The summed E-state index contributed by atoms with van der Waals surface area (Å²) in [6.45, 7) is 0.0472. The minimum Gasteiger partial charge on any atom is -0.497 e. The van der Waals surface area contributed by atoms with Gasteiger partial charge in [0, 0.05) is 20.0 Å². The van der Waals surface area contributed by atoms with Crippen molar-refractivity contribution in [3.8, 4) is 5.75 Å². The fourth-order valence-electron chi connectivity index (χ4n) is 2.89. The van der Waals surface area contributed by atoms with Gasteiger partial charge in [-0.1, -0.05) is 17.2 Å². The fourth-order valence-corrected chi connectivity index (χ4v) is 4.10. The second kappa shape index (κ2) is 8.64. The summed E-state index contributed by atoms with van der Waals surface area (Å²) < 4.78 is 31.3. The van der Waals surface area contributed by atoms with E-state index in [1.807, 2.05) is 0 Å². The van der Waals surface area contributed by atoms with E-state index >= 15 is 0 Å². The Morgan fingerprint density at radius 1 is 1.00 bits per heavy atom. The summed E-state index contributed by atoms with van der Waals surface area (Å²) in [6.07, 6.45) is -0.0240. The smallest absolute Gasteiger partial charge is 0.333 e. The van der Waals surface area contributed by atoms with Crippen LogP contribution in [0.3, 0.4) is 0 Å². The molecule has 1 heterocycles. The summed E-state index contributed by atoms with van der Waals surface area (Å²) in [7, 11) is -0.850. The number of benzene rings is 2. The summed E-state index contributed by atoms with van der Waals surface area (Å²) in [4.78, 5) is 41.4. The molecule has 2 aromatic carbocycles. The Bertz CT molecular complexity index is 1050. The van der Waals surface area contributed by atoms with Gasteiger partial charge in [-0.2, -0.15) is 0 Å². The molecule has 0 aliphatic carbocycles. The fraction of sp³-hybridized carbons (Fsp3) is 0.250. The van der Waals surface area contributed by atoms with Crippen molar-refractivity contribution in [2.45, 2.75) is 17.7 Å². The molecule has 0 radical (unpaired) electrons. The monoisotopic (exact) mass is 432 g/mol. The Balaban J connectivity index is 1.53. The molecule has 0 atom stereocenters. The quantitative estimate of drug-likeness (QED) is 0.586. The number of hydroxylamine groups is 2. The number of carbonyl (C=O) groups is 3. The molecule has 0 fully saturated rings. The first-order valence-corrected chi connectivity index (χ1v) is 10.5. The van der Waals surface area contributed by atoms with E-state index in [-0.39, 0.29) is 35.4 Å². The van der Waals surface area contributed by atoms with Crippen molar-refractivity contribution in [2.75, 3.05) is 20.7 Å². The summed E-state index contributed by atoms with van der Waals surface area (Å²) >= 11 is 0. The van der Waals surface area contributed by atoms with Crippen molar-refractivity contribution in [2.24, 2.45) is 0 Å². The Labute approximate surface area is 173 Å². The molecule has 0 saturated carbocycles. The molecular weight excluding hydrogens is 412 g/mol. The number of fused-ring (bicyclic) bond motifs is 1. The minimum atomic E-state index is -3.73. The number of nitrogens with zero attached hydrogens (tertiary/aromatic N) is 2. The van der Waals surface area contributed by atoms with Crippen LogP contribution in [0, 0.1) is 0 Å². The third-order valence-corrected chi connectivity index (χ3v) is 6.44. The zero-order valence-electron chi connectivity index (χ0n) is 16.4. The minimum absolute atomic E-state index is 0.0472. The lowest BCUT2D eigenvalue weighted by Gasteiger charge is -2.17. The summed E-state index contributed by atoms with van der Waals surface area (Å²) in [6, 6.07) is 12.1. The molecule has 0 bridgehead atoms. The maximum absolute atomic E-state index is 12.6. The first-order chi connectivity index (χ1) is 14.3. The van der Waals surface area contributed by atoms with Gasteiger partial charge in [0.2, 0.25) is 10.0 Å². The number of amides is 2. The van der Waals surface area contributed by atoms with E-state index in [2.05, 4.69) is 0 Å². The number of ether oxygens (including phenoxy) is 1. The first kappa shape index (κ1) is 21.5. The van der Waals surface area contributed by atoms with E-state index in [1.54, 1.807) is 24.3 Å². The van der Waals surface area contributed by atoms with Crippen molar-refractivity contribution in [3.05, 3.63) is 59.7 Å². The number of carbonyl (C=O) groups excluding carboxylic acids is 3. The van der Waals surface area contributed by atoms with Gasteiger partial charge < -0.3 is 9.57 Å². The summed E-state index contributed by atoms with van der Waals surface area (Å²) in [5.74, 6) is -1.68. The van der Waals surface area contributed by atoms with E-state index in [4.69, 9.17) is 9.57 Å². The largest absolute Gasteiger partial charge is 0.497 e. The highest BCUT2D eigenvalue weighted by molar-refractivity contribution is 7.89. The number of sulfonamides is 1. The van der Waals surface area contributed by atoms with Crippen LogP contribution < -0.4 is 4.74 Å². The van der Waals surface area contributed by atoms with Gasteiger partial charge in [-0.25, -0.2) is 17.5 Å². The van der Waals surface area contributed by atoms with Gasteiger partial charge in [0.25, 0.3) is 11.8 Å². The van der Waals surface area contributed by atoms with Crippen LogP contribution in [0.4, 0.5) is 0 Å². The number of hydrogen-bond donors (Lipinski definition) is 0. The maximum atomic E-state index is 12.6. The Kier molecular flexibility index (Phi) is 6.18. The molecule has 30 heavy (non-hydrogen) atoms. The van der Waals surface area contributed by atoms with Gasteiger partial charge in [-0.3, -0.25) is 9.59 Å². The average molecular weight is 432 g/mol. The van der Waals surface area contributed by atoms with Gasteiger partial charge in [0.15, 0.2) is 0 Å². The second-order valence-corrected chi connectivity index (χ2v) is 8.56. The van der Waals surface area contributed by atoms with Crippen LogP contribution in [0.15, 0.2) is 53.4 Å². The highest BCUT2D eigenvalue weighted by Gasteiger charge is 2.38. The molecule has 2 aromatic rings. The lowest BCUT2D eigenvalue weighted by atomic mass is 10.1. The van der Waals surface area contributed by atoms with Crippen molar-refractivity contribution in [1.82, 2.24) is 9.37 Å². The predicted molar refractivity (Wildman–Crippen MR) is 105 cm³/mol. The van der Waals surface area contributed by atoms with Gasteiger partial charge in [-0.05, 0) is 42.8 Å². The molecule has 0 unspecified atom stereocenters. The van der Waals surface area contributed by atoms with E-state index in [1.165, 1.54) is 38.4 Å². The molecule has 0 spiro atoms. The molecule has 10 heteroatoms. The molecule has 1 aliphatic heterocycles. The lowest BCUT2D eigenvalue weighted by Crippen LogP contribution is -2.33. The number of hydrogen-bond acceptors (Lipinski definition) is 7. The molecule has 0 aromatic heterocycles. The molecule has 0 saturated heterocycles. The van der Waals surface area contributed by atoms with E-state index in [9.17, 15) is 22.8 Å². The molecule has 2 amide bonds. The van der Waals surface area contributed by atoms with Crippen LogP contribution >= 0.6 is 0 Å². The predicted octanol–water partition coefficient (Wildman–Crippen LogP) is 1.85. The second-order valence-electron chi connectivity index (χ2n) is 6.52. The van der Waals surface area contributed by atoms with E-state index in [0.717, 1.165) is 4.31 Å². The molecule has 158 valence electrons. The van der Waals surface area contributed by atoms with Crippen LogP contribution in [0.25, 0.3) is 0 Å². The zero-order chi connectivity index (χ0) is 21.9. The number of rotatable bonds is 8. The van der Waals surface area contributed by atoms with Crippen molar-refractivity contribution >= 4 is 27.8 Å². The normalized spacial score (nSPS) is 13.5. The van der Waals surface area contributed by atoms with Crippen molar-refractivity contribution in [3.63, 3.8) is 0 Å². The Hall–Kier alpha value is -3.24. The van der Waals surface area contributed by atoms with Gasteiger partial charge >= 0.3 is 5.97 Å². The number of imide groups is 1. The standard InChI is InChI=1S/C20H20N2O7S/c1-21(30(26,27)15-11-9-14(28-2)10-12-15)13-5-8-18(23)29-22-19(24)16-6-3-4-7-17(16)20(22)25/h3-4,6-7,9-12H,5,8,13H2,1-2H3. The molecule has 1 aliphatic rings. The first-order valence-electron chi connectivity index (χ1n) is 9.04. The molecule has 0 N–H and O–H groups in total. The molecule has 3 rings (SSSR count). The van der Waals surface area contributed by atoms with Crippen LogP contribution in [-0.2, 0) is 19.7 Å². The highest BCUT2D eigenvalue weighted by Crippen LogP contribution is 2.23. The van der Waals surface area contributed by atoms with Crippen molar-refractivity contribution in [1.29, 1.82) is 0 Å². The molecular formula is C20H20N2O7S. The van der Waals surface area contributed by atoms with Gasteiger partial charge in [-0.15, -0.1) is 0 Å². The molecule has 9 nitrogen and oxygen atoms in total. The lowest BCUT2D eigenvalue weighted by molar-refractivity contribution is -0.168. The SMILES string of the molecule is COc1ccc(S(=O)(=O)N(C)CCCC(=O)ON2C(=O)c3ccccc3C2=O)cc1. The van der Waals surface area contributed by atoms with E-state index < -0.39 is 27.8 Å². The Morgan fingerprint density at radius 2 is 1.57 bits per heavy atom. The topological polar surface area (TPSA) is 110 Å². The van der Waals surface area contributed by atoms with Gasteiger partial charge in [0.1, 0.15) is 5.75 Å². The third kappa shape index (κ3) is 4.19.